The number of aldehydes is 1. The summed E-state index contributed by atoms with van der Waals surface area (Å²) in [5, 5.41) is 6.95. The van der Waals surface area contributed by atoms with E-state index in [0.29, 0.717) is 6.29 Å². The molecule has 4 heterocycles. The highest BCUT2D eigenvalue weighted by molar-refractivity contribution is 7.91. The first-order valence-corrected chi connectivity index (χ1v) is 12.5. The van der Waals surface area contributed by atoms with Crippen molar-refractivity contribution in [3.63, 3.8) is 0 Å². The predicted molar refractivity (Wildman–Crippen MR) is 120 cm³/mol. The van der Waals surface area contributed by atoms with Crippen LogP contribution >= 0.6 is 0 Å². The van der Waals surface area contributed by atoms with Gasteiger partial charge < -0.3 is 14.8 Å². The maximum Gasteiger partial charge on any atom is 0.422 e. The molecule has 1 fully saturated rings. The number of hydrogen-bond acceptors (Lipinski definition) is 8. The molecule has 3 aromatic rings. The van der Waals surface area contributed by atoms with Gasteiger partial charge in [-0.2, -0.15) is 18.3 Å². The van der Waals surface area contributed by atoms with E-state index in [1.54, 1.807) is 6.92 Å². The van der Waals surface area contributed by atoms with Gasteiger partial charge in [0.15, 0.2) is 24.3 Å². The molecule has 0 saturated carbocycles. The van der Waals surface area contributed by atoms with Crippen molar-refractivity contribution in [2.75, 3.05) is 18.1 Å². The Morgan fingerprint density at radius 2 is 2.00 bits per heavy atom. The number of halogens is 3. The van der Waals surface area contributed by atoms with Crippen LogP contribution in [0.2, 0.25) is 0 Å². The van der Waals surface area contributed by atoms with Crippen molar-refractivity contribution in [1.82, 2.24) is 19.9 Å². The second kappa shape index (κ2) is 9.41. The van der Waals surface area contributed by atoms with Crippen molar-refractivity contribution >= 4 is 27.5 Å². The summed E-state index contributed by atoms with van der Waals surface area (Å²) in [6.45, 7) is 0.197. The Morgan fingerprint density at radius 3 is 2.67 bits per heavy atom. The molecule has 10 nitrogen and oxygen atoms in total. The van der Waals surface area contributed by atoms with Gasteiger partial charge in [0.25, 0.3) is 11.8 Å². The number of rotatable bonds is 7. The number of aromatic nitrogens is 3. The van der Waals surface area contributed by atoms with E-state index in [9.17, 15) is 31.2 Å². The first-order chi connectivity index (χ1) is 16.9. The Kier molecular flexibility index (Phi) is 6.64. The quantitative estimate of drug-likeness (QED) is 0.466. The number of alkyl halides is 3. The Morgan fingerprint density at radius 1 is 1.28 bits per heavy atom. The predicted octanol–water partition coefficient (Wildman–Crippen LogP) is 2.97. The summed E-state index contributed by atoms with van der Waals surface area (Å²) in [7, 11) is -3.14. The monoisotopic (exact) mass is 526 g/mol. The van der Waals surface area contributed by atoms with Gasteiger partial charge in [0, 0.05) is 24.0 Å². The topological polar surface area (TPSA) is 129 Å². The van der Waals surface area contributed by atoms with Gasteiger partial charge in [-0.15, -0.1) is 0 Å². The van der Waals surface area contributed by atoms with E-state index in [2.05, 4.69) is 15.4 Å². The van der Waals surface area contributed by atoms with Gasteiger partial charge in [0.2, 0.25) is 0 Å². The summed E-state index contributed by atoms with van der Waals surface area (Å²) in [6.07, 6.45) is -0.931. The molecule has 36 heavy (non-hydrogen) atoms. The number of nitrogens with one attached hydrogen (secondary N) is 1. The molecule has 14 heteroatoms. The van der Waals surface area contributed by atoms with Crippen LogP contribution in [-0.4, -0.2) is 65.0 Å². The molecule has 0 aromatic carbocycles. The van der Waals surface area contributed by atoms with Crippen molar-refractivity contribution < 1.29 is 40.7 Å². The normalized spacial score (nSPS) is 16.9. The van der Waals surface area contributed by atoms with Gasteiger partial charge >= 0.3 is 6.18 Å². The van der Waals surface area contributed by atoms with Crippen LogP contribution in [0, 0.1) is 0 Å². The molecular formula is C22H21F3N4O6S. The fourth-order valence-electron chi connectivity index (χ4n) is 3.67. The number of amides is 1. The van der Waals surface area contributed by atoms with Crippen LogP contribution in [0.3, 0.4) is 0 Å². The molecule has 192 valence electrons. The third-order valence-corrected chi connectivity index (χ3v) is 7.32. The van der Waals surface area contributed by atoms with Crippen LogP contribution in [0.25, 0.3) is 5.52 Å². The number of carbonyl (C=O) groups excluding carboxylic acids is 2. The molecule has 1 aliphatic rings. The number of nitrogens with zero attached hydrogens (tertiary/aromatic N) is 3. The average Bonchev–Trinajstić information content (AvgIpc) is 3.18. The van der Waals surface area contributed by atoms with Gasteiger partial charge in [-0.1, -0.05) is 0 Å². The maximum absolute atomic E-state index is 13.0. The van der Waals surface area contributed by atoms with Crippen molar-refractivity contribution in [3.05, 3.63) is 47.9 Å². The van der Waals surface area contributed by atoms with Crippen LogP contribution in [0.5, 0.6) is 17.4 Å². The largest absolute Gasteiger partial charge is 0.478 e. The zero-order valence-electron chi connectivity index (χ0n) is 18.9. The number of pyridine rings is 2. The van der Waals surface area contributed by atoms with Crippen LogP contribution in [-0.2, 0) is 9.84 Å². The molecule has 1 N–H and O–H groups in total. The summed E-state index contributed by atoms with van der Waals surface area (Å²) < 4.78 is 72.7. The van der Waals surface area contributed by atoms with Gasteiger partial charge in [-0.05, 0) is 38.0 Å². The Balaban J connectivity index is 1.58. The maximum atomic E-state index is 13.0. The molecule has 0 unspecified atom stereocenters. The number of sulfone groups is 1. The van der Waals surface area contributed by atoms with E-state index in [1.165, 1.54) is 41.2 Å². The highest BCUT2D eigenvalue weighted by Gasteiger charge is 2.36. The number of hydrogen-bond donors (Lipinski definition) is 1. The molecule has 1 aliphatic heterocycles. The molecular weight excluding hydrogens is 505 g/mol. The SMILES string of the molecule is CC1(NC(=O)c2nn3ccc(Oc4ncccc4OCC(F)(F)F)cc3c2C=O)CCS(=O)(=O)CC1. The third-order valence-electron chi connectivity index (χ3n) is 5.66. The lowest BCUT2D eigenvalue weighted by Crippen LogP contribution is -2.51. The standard InChI is InChI=1S/C22H21F3N4O6S/c1-21(5-9-36(32,33)10-6-21)27-19(31)18-15(12-30)16-11-14(4-8-29(16)28-18)35-20-17(3-2-7-26-20)34-13-22(23,24)25/h2-4,7-8,11-12H,5-6,9-10,13H2,1H3,(H,27,31). The molecule has 0 spiro atoms. The lowest BCUT2D eigenvalue weighted by Gasteiger charge is -2.34. The van der Waals surface area contributed by atoms with E-state index in [0.717, 1.165) is 0 Å². The summed E-state index contributed by atoms with van der Waals surface area (Å²) in [5.74, 6) is -1.11. The smallest absolute Gasteiger partial charge is 0.422 e. The minimum atomic E-state index is -4.55. The lowest BCUT2D eigenvalue weighted by molar-refractivity contribution is -0.153. The van der Waals surface area contributed by atoms with Crippen molar-refractivity contribution in [1.29, 1.82) is 0 Å². The van der Waals surface area contributed by atoms with Crippen LogP contribution in [0.4, 0.5) is 13.2 Å². The third kappa shape index (κ3) is 5.75. The van der Waals surface area contributed by atoms with E-state index in [1.807, 2.05) is 0 Å². The Hall–Kier alpha value is -3.68. The van der Waals surface area contributed by atoms with E-state index in [4.69, 9.17) is 9.47 Å². The van der Waals surface area contributed by atoms with Gasteiger partial charge in [-0.3, -0.25) is 9.59 Å². The van der Waals surface area contributed by atoms with Crippen molar-refractivity contribution in [2.45, 2.75) is 31.5 Å². The van der Waals surface area contributed by atoms with E-state index < -0.39 is 34.1 Å². The number of ether oxygens (including phenoxy) is 2. The zero-order chi connectivity index (χ0) is 26.1. The van der Waals surface area contributed by atoms with Gasteiger partial charge in [0.1, 0.15) is 15.6 Å². The fourth-order valence-corrected chi connectivity index (χ4v) is 5.40. The first kappa shape index (κ1) is 25.4. The van der Waals surface area contributed by atoms with Crippen molar-refractivity contribution in [3.8, 4) is 17.4 Å². The second-order valence-corrected chi connectivity index (χ2v) is 10.9. The van der Waals surface area contributed by atoms with Crippen LogP contribution in [0.1, 0.15) is 40.6 Å². The zero-order valence-corrected chi connectivity index (χ0v) is 19.7. The van der Waals surface area contributed by atoms with E-state index >= 15 is 0 Å². The molecule has 0 bridgehead atoms. The second-order valence-electron chi connectivity index (χ2n) is 8.55. The average molecular weight is 526 g/mol. The Bertz CT molecular complexity index is 1410. The molecule has 0 radical (unpaired) electrons. The molecule has 0 atom stereocenters. The summed E-state index contributed by atoms with van der Waals surface area (Å²) in [4.78, 5) is 28.7. The first-order valence-electron chi connectivity index (χ1n) is 10.7. The van der Waals surface area contributed by atoms with Crippen LogP contribution in [0.15, 0.2) is 36.7 Å². The fraction of sp³-hybridized carbons (Fsp3) is 0.364. The summed E-state index contributed by atoms with van der Waals surface area (Å²) in [6, 6.07) is 5.45. The molecule has 0 aliphatic carbocycles. The molecule has 3 aromatic heterocycles. The highest BCUT2D eigenvalue weighted by atomic mass is 32.2. The minimum absolute atomic E-state index is 0.0421. The number of carbonyl (C=O) groups is 2. The highest BCUT2D eigenvalue weighted by Crippen LogP contribution is 2.31. The van der Waals surface area contributed by atoms with Gasteiger partial charge in [0.05, 0.1) is 22.6 Å². The minimum Gasteiger partial charge on any atom is -0.478 e. The van der Waals surface area contributed by atoms with Crippen molar-refractivity contribution in [2.24, 2.45) is 0 Å². The van der Waals surface area contributed by atoms with E-state index in [-0.39, 0.29) is 58.5 Å². The Labute approximate surface area is 203 Å². The molecule has 4 rings (SSSR count). The molecule has 1 saturated heterocycles. The molecule has 1 amide bonds. The van der Waals surface area contributed by atoms with Crippen LogP contribution < -0.4 is 14.8 Å². The lowest BCUT2D eigenvalue weighted by atomic mass is 9.94. The summed E-state index contributed by atoms with van der Waals surface area (Å²) in [5.41, 5.74) is -0.778. The summed E-state index contributed by atoms with van der Waals surface area (Å²) >= 11 is 0. The number of fused-ring (bicyclic) bond motifs is 1. The van der Waals surface area contributed by atoms with Gasteiger partial charge in [-0.25, -0.2) is 17.9 Å².